The molecule has 0 saturated carbocycles. The number of amides is 1. The van der Waals surface area contributed by atoms with Crippen molar-refractivity contribution in [3.8, 4) is 0 Å². The molecule has 0 fully saturated rings. The number of carbonyl (C=O) groups is 3. The molecule has 0 rings (SSSR count). The summed E-state index contributed by atoms with van der Waals surface area (Å²) in [4.78, 5) is 44.1. The molecule has 0 heterocycles. The lowest BCUT2D eigenvalue weighted by atomic mass is 9.92. The van der Waals surface area contributed by atoms with Gasteiger partial charge < -0.3 is 19.3 Å². The summed E-state index contributed by atoms with van der Waals surface area (Å²) in [6.45, 7) is 15.3. The van der Waals surface area contributed by atoms with E-state index in [1.165, 1.54) is 167 Å². The van der Waals surface area contributed by atoms with Crippen molar-refractivity contribution in [1.29, 1.82) is 0 Å². The van der Waals surface area contributed by atoms with Crippen LogP contribution in [0.15, 0.2) is 0 Å². The number of hydrogen-bond donors (Lipinski definition) is 0. The van der Waals surface area contributed by atoms with Gasteiger partial charge in [0.15, 0.2) is 0 Å². The van der Waals surface area contributed by atoms with Crippen LogP contribution in [-0.2, 0) is 23.9 Å². The number of ether oxygens (including phenoxy) is 2. The predicted molar refractivity (Wildman–Crippen MR) is 290 cm³/mol. The number of unbranched alkanes of at least 4 members (excludes halogenated alkanes) is 26. The van der Waals surface area contributed by atoms with E-state index in [0.29, 0.717) is 43.8 Å². The monoisotopic (exact) mass is 947 g/mol. The van der Waals surface area contributed by atoms with E-state index in [1.807, 2.05) is 0 Å². The van der Waals surface area contributed by atoms with Crippen molar-refractivity contribution < 1.29 is 23.9 Å². The highest BCUT2D eigenvalue weighted by molar-refractivity contribution is 5.78. The minimum Gasteiger partial charge on any atom is -0.465 e. The molecule has 398 valence electrons. The van der Waals surface area contributed by atoms with Crippen molar-refractivity contribution in [3.05, 3.63) is 0 Å². The molecular weight excluding hydrogens is 829 g/mol. The van der Waals surface area contributed by atoms with E-state index in [0.717, 1.165) is 110 Å². The molecule has 0 radical (unpaired) electrons. The van der Waals surface area contributed by atoms with Crippen molar-refractivity contribution in [3.63, 3.8) is 0 Å². The van der Waals surface area contributed by atoms with Crippen LogP contribution in [0.5, 0.6) is 0 Å². The standard InChI is InChI=1S/C60H118N2O5/c1-8-13-18-21-26-33-40-51-62(52-41-50-61(6)7)60(65)57(46-36-29-22-24-31-38-48-58(63)66-53-55(42-16-11-4)44-34-27-19-14-9-2)47-37-30-23-25-32-39-49-59(64)67-54-56(43-17-12-5)45-35-28-20-15-10-3/h55-57H,8-54H2,1-7H3. The average molecular weight is 948 g/mol. The van der Waals surface area contributed by atoms with Crippen LogP contribution < -0.4 is 0 Å². The fourth-order valence-electron chi connectivity index (χ4n) is 9.80. The smallest absolute Gasteiger partial charge is 0.305 e. The van der Waals surface area contributed by atoms with Gasteiger partial charge in [0.25, 0.3) is 0 Å². The van der Waals surface area contributed by atoms with E-state index in [-0.39, 0.29) is 17.9 Å². The van der Waals surface area contributed by atoms with E-state index in [9.17, 15) is 14.4 Å². The first-order valence-electron chi connectivity index (χ1n) is 30.0. The van der Waals surface area contributed by atoms with Gasteiger partial charge in [-0.2, -0.15) is 0 Å². The third-order valence-electron chi connectivity index (χ3n) is 14.4. The van der Waals surface area contributed by atoms with Gasteiger partial charge in [-0.1, -0.05) is 227 Å². The summed E-state index contributed by atoms with van der Waals surface area (Å²) in [5.41, 5.74) is 0. The molecule has 7 heteroatoms. The van der Waals surface area contributed by atoms with Gasteiger partial charge in [-0.05, 0) is 96.7 Å². The van der Waals surface area contributed by atoms with E-state index < -0.39 is 0 Å². The van der Waals surface area contributed by atoms with Gasteiger partial charge in [-0.3, -0.25) is 14.4 Å². The summed E-state index contributed by atoms with van der Waals surface area (Å²) in [6.07, 6.45) is 48.7. The fraction of sp³-hybridized carbons (Fsp3) is 0.950. The second kappa shape index (κ2) is 50.7. The average Bonchev–Trinajstić information content (AvgIpc) is 3.32. The number of nitrogens with zero attached hydrogens (tertiary/aromatic N) is 2. The van der Waals surface area contributed by atoms with E-state index >= 15 is 0 Å². The Bertz CT molecular complexity index is 1010. The van der Waals surface area contributed by atoms with Crippen LogP contribution in [0.3, 0.4) is 0 Å². The molecule has 0 aliphatic rings. The van der Waals surface area contributed by atoms with E-state index in [2.05, 4.69) is 58.5 Å². The largest absolute Gasteiger partial charge is 0.465 e. The van der Waals surface area contributed by atoms with E-state index in [1.54, 1.807) is 0 Å². The fourth-order valence-corrected chi connectivity index (χ4v) is 9.80. The molecule has 0 aliphatic heterocycles. The maximum absolute atomic E-state index is 14.4. The van der Waals surface area contributed by atoms with Crippen LogP contribution in [0, 0.1) is 17.8 Å². The Hall–Kier alpha value is -1.63. The molecule has 0 aromatic carbocycles. The van der Waals surface area contributed by atoms with Gasteiger partial charge >= 0.3 is 11.9 Å². The van der Waals surface area contributed by atoms with Gasteiger partial charge in [0.2, 0.25) is 5.91 Å². The number of hydrogen-bond acceptors (Lipinski definition) is 6. The van der Waals surface area contributed by atoms with Gasteiger partial charge in [0.05, 0.1) is 13.2 Å². The molecule has 2 unspecified atom stereocenters. The molecule has 0 aromatic rings. The van der Waals surface area contributed by atoms with Crippen LogP contribution >= 0.6 is 0 Å². The predicted octanol–water partition coefficient (Wildman–Crippen LogP) is 17.8. The summed E-state index contributed by atoms with van der Waals surface area (Å²) >= 11 is 0. The lowest BCUT2D eigenvalue weighted by Crippen LogP contribution is -2.38. The molecule has 0 aromatic heterocycles. The van der Waals surface area contributed by atoms with Crippen molar-refractivity contribution in [1.82, 2.24) is 9.80 Å². The molecule has 2 atom stereocenters. The van der Waals surface area contributed by atoms with Crippen LogP contribution in [0.25, 0.3) is 0 Å². The third kappa shape index (κ3) is 44.1. The molecule has 1 amide bonds. The maximum atomic E-state index is 14.4. The van der Waals surface area contributed by atoms with Crippen LogP contribution in [0.4, 0.5) is 0 Å². The molecule has 0 spiro atoms. The summed E-state index contributed by atoms with van der Waals surface area (Å²) in [5, 5.41) is 0. The molecular formula is C60H118N2O5. The Morgan fingerprint density at radius 2 is 0.657 bits per heavy atom. The van der Waals surface area contributed by atoms with Crippen molar-refractivity contribution in [2.24, 2.45) is 17.8 Å². The molecule has 7 nitrogen and oxygen atoms in total. The van der Waals surface area contributed by atoms with Gasteiger partial charge in [-0.25, -0.2) is 0 Å². The third-order valence-corrected chi connectivity index (χ3v) is 14.4. The Balaban J connectivity index is 4.96. The summed E-state index contributed by atoms with van der Waals surface area (Å²) in [6, 6.07) is 0. The molecule has 0 saturated heterocycles. The Morgan fingerprint density at radius 1 is 0.343 bits per heavy atom. The number of esters is 2. The first-order chi connectivity index (χ1) is 32.7. The van der Waals surface area contributed by atoms with Gasteiger partial charge in [0, 0.05) is 31.8 Å². The maximum Gasteiger partial charge on any atom is 0.305 e. The molecule has 0 aliphatic carbocycles. The second-order valence-electron chi connectivity index (χ2n) is 21.4. The first-order valence-corrected chi connectivity index (χ1v) is 30.0. The topological polar surface area (TPSA) is 76.2 Å². The van der Waals surface area contributed by atoms with Gasteiger partial charge in [0.1, 0.15) is 0 Å². The minimum absolute atomic E-state index is 0.00899. The SMILES string of the molecule is CCCCCCCCCN(CCCN(C)C)C(=O)C(CCCCCCCCC(=O)OCC(CCCC)CCCCCCC)CCCCCCCCC(=O)OCC(CCCC)CCCCCCC. The molecule has 0 N–H and O–H groups in total. The summed E-state index contributed by atoms with van der Waals surface area (Å²) < 4.78 is 11.6. The summed E-state index contributed by atoms with van der Waals surface area (Å²) in [7, 11) is 4.26. The Morgan fingerprint density at radius 3 is 1.04 bits per heavy atom. The highest BCUT2D eigenvalue weighted by Crippen LogP contribution is 2.24. The van der Waals surface area contributed by atoms with Crippen LogP contribution in [-0.4, -0.2) is 74.6 Å². The quantitative estimate of drug-likeness (QED) is 0.0447. The Kier molecular flexibility index (Phi) is 49.5. The number of carbonyl (C=O) groups excluding carboxylic acids is 3. The highest BCUT2D eigenvalue weighted by atomic mass is 16.5. The second-order valence-corrected chi connectivity index (χ2v) is 21.4. The molecule has 0 bridgehead atoms. The normalized spacial score (nSPS) is 13.0. The van der Waals surface area contributed by atoms with Gasteiger partial charge in [-0.15, -0.1) is 0 Å². The lowest BCUT2D eigenvalue weighted by Gasteiger charge is -2.28. The zero-order valence-electron chi connectivity index (χ0n) is 46.4. The Labute approximate surface area is 419 Å². The summed E-state index contributed by atoms with van der Waals surface area (Å²) in [5.74, 6) is 1.55. The number of rotatable bonds is 53. The minimum atomic E-state index is -0.00899. The van der Waals surface area contributed by atoms with Crippen molar-refractivity contribution >= 4 is 17.8 Å². The highest BCUT2D eigenvalue weighted by Gasteiger charge is 2.24. The lowest BCUT2D eigenvalue weighted by molar-refractivity contribution is -0.146. The van der Waals surface area contributed by atoms with E-state index in [4.69, 9.17) is 9.47 Å². The van der Waals surface area contributed by atoms with Crippen LogP contribution in [0.2, 0.25) is 0 Å². The van der Waals surface area contributed by atoms with Crippen molar-refractivity contribution in [2.75, 3.05) is 46.9 Å². The van der Waals surface area contributed by atoms with Crippen LogP contribution in [0.1, 0.15) is 304 Å². The van der Waals surface area contributed by atoms with Crippen molar-refractivity contribution in [2.45, 2.75) is 304 Å². The molecule has 67 heavy (non-hydrogen) atoms. The zero-order valence-corrected chi connectivity index (χ0v) is 46.4. The first kappa shape index (κ1) is 65.4. The zero-order chi connectivity index (χ0) is 49.3.